The first kappa shape index (κ1) is 20.8. The normalized spacial score (nSPS) is 18.4. The number of halogens is 1. The summed E-state index contributed by atoms with van der Waals surface area (Å²) < 4.78 is 25.5. The average Bonchev–Trinajstić information content (AvgIpc) is 3.26. The molecule has 3 amide bonds. The van der Waals surface area contributed by atoms with E-state index in [0.717, 1.165) is 11.0 Å². The lowest BCUT2D eigenvalue weighted by molar-refractivity contribution is 0.0276. The van der Waals surface area contributed by atoms with E-state index in [1.165, 1.54) is 12.1 Å². The van der Waals surface area contributed by atoms with E-state index in [-0.39, 0.29) is 35.2 Å². The summed E-state index contributed by atoms with van der Waals surface area (Å²) in [4.78, 5) is 40.4. The van der Waals surface area contributed by atoms with Gasteiger partial charge in [0.1, 0.15) is 23.3 Å². The summed E-state index contributed by atoms with van der Waals surface area (Å²) in [5.41, 5.74) is -0.0349. The van der Waals surface area contributed by atoms with Crippen LogP contribution < -0.4 is 9.64 Å². The molecule has 0 aliphatic carbocycles. The highest BCUT2D eigenvalue weighted by atomic mass is 19.1. The molecule has 7 nitrogen and oxygen atoms in total. The molecule has 0 spiro atoms. The minimum Gasteiger partial charge on any atom is -0.486 e. The van der Waals surface area contributed by atoms with Crippen LogP contribution in [-0.4, -0.2) is 47.6 Å². The average molecular weight is 426 g/mol. The summed E-state index contributed by atoms with van der Waals surface area (Å²) in [6, 6.07) is 10.2. The summed E-state index contributed by atoms with van der Waals surface area (Å²) in [5.74, 6) is -1.46. The summed E-state index contributed by atoms with van der Waals surface area (Å²) in [6.07, 6.45) is -0.275. The number of likely N-dealkylation sites (tertiary alicyclic amines) is 1. The number of imide groups is 1. The molecule has 2 aromatic carbocycles. The van der Waals surface area contributed by atoms with Crippen molar-refractivity contribution in [3.63, 3.8) is 0 Å². The molecule has 0 aromatic heterocycles. The van der Waals surface area contributed by atoms with Gasteiger partial charge in [0.2, 0.25) is 0 Å². The molecule has 4 rings (SSSR count). The standard InChI is InChI=1S/C23H23FN2O5/c1-23(2,3)31-22(29)25-11-10-15(13-25)30-19-9-8-14(24)12-18(19)26-20(27)16-6-4-5-7-17(16)21(26)28/h4-9,12,15H,10-11,13H2,1-3H3. The molecule has 1 atom stereocenters. The van der Waals surface area contributed by atoms with Crippen LogP contribution >= 0.6 is 0 Å². The number of ether oxygens (including phenoxy) is 2. The molecule has 1 fully saturated rings. The van der Waals surface area contributed by atoms with Crippen molar-refractivity contribution in [2.24, 2.45) is 0 Å². The van der Waals surface area contributed by atoms with E-state index < -0.39 is 29.3 Å². The molecule has 1 saturated heterocycles. The highest BCUT2D eigenvalue weighted by molar-refractivity contribution is 6.34. The van der Waals surface area contributed by atoms with Gasteiger partial charge in [0, 0.05) is 19.0 Å². The van der Waals surface area contributed by atoms with Crippen LogP contribution in [0.5, 0.6) is 5.75 Å². The van der Waals surface area contributed by atoms with Crippen molar-refractivity contribution < 1.29 is 28.2 Å². The Morgan fingerprint density at radius 3 is 2.32 bits per heavy atom. The van der Waals surface area contributed by atoms with Crippen LogP contribution in [-0.2, 0) is 4.74 Å². The first-order chi connectivity index (χ1) is 14.6. The van der Waals surface area contributed by atoms with E-state index in [0.29, 0.717) is 13.0 Å². The molecule has 31 heavy (non-hydrogen) atoms. The van der Waals surface area contributed by atoms with Gasteiger partial charge in [0.15, 0.2) is 0 Å². The van der Waals surface area contributed by atoms with Crippen LogP contribution in [0.1, 0.15) is 47.9 Å². The topological polar surface area (TPSA) is 76.2 Å². The Bertz CT molecular complexity index is 1030. The van der Waals surface area contributed by atoms with Gasteiger partial charge in [-0.1, -0.05) is 12.1 Å². The highest BCUT2D eigenvalue weighted by Gasteiger charge is 2.39. The van der Waals surface area contributed by atoms with Gasteiger partial charge in [0.25, 0.3) is 11.8 Å². The summed E-state index contributed by atoms with van der Waals surface area (Å²) in [7, 11) is 0. The Hall–Kier alpha value is -3.42. The van der Waals surface area contributed by atoms with Gasteiger partial charge >= 0.3 is 6.09 Å². The number of nitrogens with zero attached hydrogens (tertiary/aromatic N) is 2. The maximum Gasteiger partial charge on any atom is 0.410 e. The number of hydrogen-bond acceptors (Lipinski definition) is 5. The molecule has 0 radical (unpaired) electrons. The smallest absolute Gasteiger partial charge is 0.410 e. The third-order valence-corrected chi connectivity index (χ3v) is 5.05. The van der Waals surface area contributed by atoms with E-state index in [1.807, 2.05) is 0 Å². The molecule has 0 bridgehead atoms. The van der Waals surface area contributed by atoms with Gasteiger partial charge in [-0.3, -0.25) is 9.59 Å². The van der Waals surface area contributed by atoms with Crippen LogP contribution in [0.3, 0.4) is 0 Å². The van der Waals surface area contributed by atoms with Gasteiger partial charge in [0.05, 0.1) is 23.4 Å². The van der Waals surface area contributed by atoms with Crippen LogP contribution in [0.2, 0.25) is 0 Å². The summed E-state index contributed by atoms with van der Waals surface area (Å²) in [6.45, 7) is 6.11. The molecule has 2 aliphatic heterocycles. The second-order valence-corrected chi connectivity index (χ2v) is 8.56. The number of carbonyl (C=O) groups is 3. The summed E-state index contributed by atoms with van der Waals surface area (Å²) in [5, 5.41) is 0. The lowest BCUT2D eigenvalue weighted by atomic mass is 10.1. The van der Waals surface area contributed by atoms with Crippen LogP contribution in [0.25, 0.3) is 0 Å². The van der Waals surface area contributed by atoms with Crippen molar-refractivity contribution in [1.29, 1.82) is 0 Å². The predicted octanol–water partition coefficient (Wildman–Crippen LogP) is 4.01. The SMILES string of the molecule is CC(C)(C)OC(=O)N1CCC(Oc2ccc(F)cc2N2C(=O)c3ccccc3C2=O)C1. The van der Waals surface area contributed by atoms with Gasteiger partial charge in [-0.2, -0.15) is 0 Å². The Kier molecular flexibility index (Phi) is 5.16. The lowest BCUT2D eigenvalue weighted by Gasteiger charge is -2.25. The number of carbonyl (C=O) groups excluding carboxylic acids is 3. The number of benzene rings is 2. The first-order valence-electron chi connectivity index (χ1n) is 10.1. The van der Waals surface area contributed by atoms with E-state index >= 15 is 0 Å². The van der Waals surface area contributed by atoms with Crippen molar-refractivity contribution >= 4 is 23.6 Å². The van der Waals surface area contributed by atoms with E-state index in [1.54, 1.807) is 49.9 Å². The van der Waals surface area contributed by atoms with Gasteiger partial charge in [-0.15, -0.1) is 0 Å². The Labute approximate surface area is 179 Å². The zero-order valence-electron chi connectivity index (χ0n) is 17.6. The van der Waals surface area contributed by atoms with E-state index in [2.05, 4.69) is 0 Å². The first-order valence-corrected chi connectivity index (χ1v) is 10.1. The predicted molar refractivity (Wildman–Crippen MR) is 111 cm³/mol. The molecule has 0 saturated carbocycles. The van der Waals surface area contributed by atoms with Crippen molar-refractivity contribution in [2.45, 2.75) is 38.9 Å². The lowest BCUT2D eigenvalue weighted by Crippen LogP contribution is -2.36. The zero-order chi connectivity index (χ0) is 22.3. The molecular formula is C23H23FN2O5. The minimum atomic E-state index is -0.606. The van der Waals surface area contributed by atoms with Crippen LogP contribution in [0.15, 0.2) is 42.5 Å². The monoisotopic (exact) mass is 426 g/mol. The fourth-order valence-electron chi connectivity index (χ4n) is 3.67. The Balaban J connectivity index is 1.55. The minimum absolute atomic E-state index is 0.0434. The number of hydrogen-bond donors (Lipinski definition) is 0. The third kappa shape index (κ3) is 4.10. The van der Waals surface area contributed by atoms with Crippen molar-refractivity contribution in [2.75, 3.05) is 18.0 Å². The molecule has 2 heterocycles. The van der Waals surface area contributed by atoms with Crippen LogP contribution in [0, 0.1) is 5.82 Å². The van der Waals surface area contributed by atoms with E-state index in [9.17, 15) is 18.8 Å². The van der Waals surface area contributed by atoms with Crippen molar-refractivity contribution in [3.8, 4) is 5.75 Å². The number of amides is 3. The van der Waals surface area contributed by atoms with Crippen molar-refractivity contribution in [1.82, 2.24) is 4.90 Å². The summed E-state index contributed by atoms with van der Waals surface area (Å²) >= 11 is 0. The van der Waals surface area contributed by atoms with Gasteiger partial charge in [-0.25, -0.2) is 14.1 Å². The molecule has 162 valence electrons. The second kappa shape index (κ2) is 7.68. The second-order valence-electron chi connectivity index (χ2n) is 8.56. The maximum absolute atomic E-state index is 14.0. The highest BCUT2D eigenvalue weighted by Crippen LogP contribution is 2.36. The number of rotatable bonds is 3. The van der Waals surface area contributed by atoms with Gasteiger partial charge < -0.3 is 14.4 Å². The Morgan fingerprint density at radius 2 is 1.71 bits per heavy atom. The van der Waals surface area contributed by atoms with Crippen LogP contribution in [0.4, 0.5) is 14.9 Å². The van der Waals surface area contributed by atoms with Gasteiger partial charge in [-0.05, 0) is 45.0 Å². The molecule has 0 N–H and O–H groups in total. The third-order valence-electron chi connectivity index (χ3n) is 5.05. The van der Waals surface area contributed by atoms with E-state index in [4.69, 9.17) is 9.47 Å². The molecule has 2 aliphatic rings. The fourth-order valence-corrected chi connectivity index (χ4v) is 3.67. The number of fused-ring (bicyclic) bond motifs is 1. The molecule has 1 unspecified atom stereocenters. The van der Waals surface area contributed by atoms with Crippen molar-refractivity contribution in [3.05, 3.63) is 59.4 Å². The Morgan fingerprint density at radius 1 is 1.06 bits per heavy atom. The molecular weight excluding hydrogens is 403 g/mol. The quantitative estimate of drug-likeness (QED) is 0.693. The molecule has 8 heteroatoms. The number of anilines is 1. The fraction of sp³-hybridized carbons (Fsp3) is 0.348. The largest absolute Gasteiger partial charge is 0.486 e. The zero-order valence-corrected chi connectivity index (χ0v) is 17.6. The maximum atomic E-state index is 14.0. The molecule has 2 aromatic rings.